The number of nitro benzene ring substituents is 2. The van der Waals surface area contributed by atoms with Gasteiger partial charge in [-0.25, -0.2) is 0 Å². The number of benzene rings is 1. The Labute approximate surface area is 157 Å². The maximum atomic E-state index is 12.6. The molecule has 2 aromatic rings. The number of hydrogen-bond donors (Lipinski definition) is 1. The lowest BCUT2D eigenvalue weighted by molar-refractivity contribution is -0.394. The van der Waals surface area contributed by atoms with Crippen molar-refractivity contribution in [1.82, 2.24) is 0 Å². The minimum Gasteiger partial charge on any atom is -0.312 e. The van der Waals surface area contributed by atoms with Gasteiger partial charge in [0.25, 0.3) is 17.3 Å². The van der Waals surface area contributed by atoms with Gasteiger partial charge in [-0.1, -0.05) is 6.92 Å². The molecular formula is C17H14N4O5S. The zero-order chi connectivity index (χ0) is 19.7. The molecule has 1 unspecified atom stereocenters. The number of nitrogens with one attached hydrogen (secondary N) is 1. The number of nitro groups is 2. The van der Waals surface area contributed by atoms with Crippen LogP contribution in [-0.4, -0.2) is 15.8 Å². The highest BCUT2D eigenvalue weighted by Gasteiger charge is 2.28. The molecule has 3 rings (SSSR count). The molecule has 1 aliphatic rings. The van der Waals surface area contributed by atoms with E-state index < -0.39 is 27.1 Å². The third-order valence-electron chi connectivity index (χ3n) is 4.48. The molecule has 1 aromatic carbocycles. The first-order valence-corrected chi connectivity index (χ1v) is 8.92. The zero-order valence-corrected chi connectivity index (χ0v) is 15.0. The van der Waals surface area contributed by atoms with Crippen LogP contribution in [0.2, 0.25) is 0 Å². The summed E-state index contributed by atoms with van der Waals surface area (Å²) in [6.45, 7) is 2.12. The van der Waals surface area contributed by atoms with Gasteiger partial charge in [-0.15, -0.1) is 11.3 Å². The number of non-ortho nitro benzene ring substituents is 1. The molecule has 1 N–H and O–H groups in total. The third-order valence-corrected chi connectivity index (χ3v) is 5.65. The van der Waals surface area contributed by atoms with E-state index in [2.05, 4.69) is 18.3 Å². The van der Waals surface area contributed by atoms with Gasteiger partial charge in [0.2, 0.25) is 0 Å². The van der Waals surface area contributed by atoms with Crippen LogP contribution in [0.15, 0.2) is 18.2 Å². The smallest absolute Gasteiger partial charge is 0.289 e. The molecule has 27 heavy (non-hydrogen) atoms. The third kappa shape index (κ3) is 3.50. The molecule has 138 valence electrons. The second-order valence-corrected chi connectivity index (χ2v) is 7.44. The molecule has 0 saturated carbocycles. The summed E-state index contributed by atoms with van der Waals surface area (Å²) in [5.41, 5.74) is -0.116. The lowest BCUT2D eigenvalue weighted by Crippen LogP contribution is -2.14. The standard InChI is InChI=1S/C17H14N4O5S/c1-9-2-4-11-13(8-18)17(27-15(11)6-9)19-16(22)12-5-3-10(20(23)24)7-14(12)21(25)26/h3,5,7,9H,2,4,6H2,1H3,(H,19,22). The van der Waals surface area contributed by atoms with Crippen molar-refractivity contribution in [3.8, 4) is 6.07 Å². The van der Waals surface area contributed by atoms with Crippen LogP contribution in [0, 0.1) is 37.5 Å². The normalized spacial score (nSPS) is 15.5. The number of carbonyl (C=O) groups excluding carboxylic acids is 1. The maximum absolute atomic E-state index is 12.6. The van der Waals surface area contributed by atoms with Gasteiger partial charge in [-0.3, -0.25) is 25.0 Å². The Morgan fingerprint density at radius 2 is 2.07 bits per heavy atom. The number of rotatable bonds is 4. The number of amides is 1. The average Bonchev–Trinajstić information content (AvgIpc) is 2.96. The lowest BCUT2D eigenvalue weighted by atomic mass is 9.88. The van der Waals surface area contributed by atoms with Crippen LogP contribution in [0.1, 0.15) is 39.7 Å². The first-order chi connectivity index (χ1) is 12.8. The Balaban J connectivity index is 1.96. The van der Waals surface area contributed by atoms with Crippen LogP contribution in [0.5, 0.6) is 0 Å². The topological polar surface area (TPSA) is 139 Å². The Kier molecular flexibility index (Phi) is 4.87. The number of fused-ring (bicyclic) bond motifs is 1. The minimum atomic E-state index is -0.839. The summed E-state index contributed by atoms with van der Waals surface area (Å²) in [4.78, 5) is 34.1. The van der Waals surface area contributed by atoms with E-state index in [0.717, 1.165) is 47.9 Å². The largest absolute Gasteiger partial charge is 0.312 e. The predicted octanol–water partition coefficient (Wildman–Crippen LogP) is 3.81. The number of anilines is 1. The van der Waals surface area contributed by atoms with Gasteiger partial charge in [-0.2, -0.15) is 5.26 Å². The highest BCUT2D eigenvalue weighted by Crippen LogP contribution is 2.39. The summed E-state index contributed by atoms with van der Waals surface area (Å²) in [5, 5.41) is 34.5. The molecule has 0 saturated heterocycles. The minimum absolute atomic E-state index is 0.297. The van der Waals surface area contributed by atoms with E-state index >= 15 is 0 Å². The number of carbonyl (C=O) groups is 1. The zero-order valence-electron chi connectivity index (χ0n) is 14.2. The summed E-state index contributed by atoms with van der Waals surface area (Å²) in [5.74, 6) is -0.290. The lowest BCUT2D eigenvalue weighted by Gasteiger charge is -2.17. The van der Waals surface area contributed by atoms with Gasteiger partial charge >= 0.3 is 0 Å². The molecule has 1 atom stereocenters. The monoisotopic (exact) mass is 386 g/mol. The number of nitriles is 1. The molecule has 1 amide bonds. The SMILES string of the molecule is CC1CCc2c(sc(NC(=O)c3ccc([N+](=O)[O-])cc3[N+](=O)[O-])c2C#N)C1. The van der Waals surface area contributed by atoms with Gasteiger partial charge in [0.05, 0.1) is 21.5 Å². The molecule has 1 aliphatic carbocycles. The van der Waals surface area contributed by atoms with Crippen molar-refractivity contribution in [2.24, 2.45) is 5.92 Å². The van der Waals surface area contributed by atoms with Crippen molar-refractivity contribution in [3.05, 3.63) is 60.0 Å². The van der Waals surface area contributed by atoms with E-state index in [1.165, 1.54) is 11.3 Å². The fourth-order valence-corrected chi connectivity index (χ4v) is 4.46. The molecular weight excluding hydrogens is 372 g/mol. The van der Waals surface area contributed by atoms with Crippen molar-refractivity contribution in [2.75, 3.05) is 5.32 Å². The Hall–Kier alpha value is -3.32. The van der Waals surface area contributed by atoms with Crippen LogP contribution in [0.25, 0.3) is 0 Å². The van der Waals surface area contributed by atoms with Crippen molar-refractivity contribution < 1.29 is 14.6 Å². The molecule has 1 heterocycles. The first kappa shape index (κ1) is 18.5. The first-order valence-electron chi connectivity index (χ1n) is 8.10. The van der Waals surface area contributed by atoms with Crippen LogP contribution >= 0.6 is 11.3 Å². The highest BCUT2D eigenvalue weighted by atomic mass is 32.1. The summed E-state index contributed by atoms with van der Waals surface area (Å²) in [6, 6.07) is 4.95. The fraction of sp³-hybridized carbons (Fsp3) is 0.294. The molecule has 0 fully saturated rings. The number of nitrogens with zero attached hydrogens (tertiary/aromatic N) is 3. The van der Waals surface area contributed by atoms with E-state index in [1.807, 2.05) is 0 Å². The van der Waals surface area contributed by atoms with Crippen molar-refractivity contribution in [1.29, 1.82) is 5.26 Å². The molecule has 9 nitrogen and oxygen atoms in total. The molecule has 0 bridgehead atoms. The van der Waals surface area contributed by atoms with Crippen LogP contribution in [0.4, 0.5) is 16.4 Å². The van der Waals surface area contributed by atoms with Crippen molar-refractivity contribution in [2.45, 2.75) is 26.2 Å². The summed E-state index contributed by atoms with van der Waals surface area (Å²) < 4.78 is 0. The number of hydrogen-bond acceptors (Lipinski definition) is 7. The predicted molar refractivity (Wildman–Crippen MR) is 97.9 cm³/mol. The summed E-state index contributed by atoms with van der Waals surface area (Å²) in [7, 11) is 0. The summed E-state index contributed by atoms with van der Waals surface area (Å²) >= 11 is 1.30. The van der Waals surface area contributed by atoms with Gasteiger partial charge in [0.15, 0.2) is 0 Å². The molecule has 0 spiro atoms. The molecule has 0 aliphatic heterocycles. The van der Waals surface area contributed by atoms with E-state index in [4.69, 9.17) is 0 Å². The van der Waals surface area contributed by atoms with E-state index in [-0.39, 0.29) is 5.56 Å². The highest BCUT2D eigenvalue weighted by molar-refractivity contribution is 7.16. The Bertz CT molecular complexity index is 1010. The molecule has 1 aromatic heterocycles. The van der Waals surface area contributed by atoms with Gasteiger partial charge in [-0.05, 0) is 36.8 Å². The quantitative estimate of drug-likeness (QED) is 0.626. The Morgan fingerprint density at radius 3 is 2.70 bits per heavy atom. The van der Waals surface area contributed by atoms with Crippen LogP contribution in [-0.2, 0) is 12.8 Å². The number of thiophene rings is 1. The summed E-state index contributed by atoms with van der Waals surface area (Å²) in [6.07, 6.45) is 2.53. The second-order valence-electron chi connectivity index (χ2n) is 6.34. The van der Waals surface area contributed by atoms with Gasteiger partial charge in [0.1, 0.15) is 16.6 Å². The average molecular weight is 386 g/mol. The Morgan fingerprint density at radius 1 is 1.33 bits per heavy atom. The van der Waals surface area contributed by atoms with Crippen LogP contribution in [0.3, 0.4) is 0 Å². The second kappa shape index (κ2) is 7.13. The van der Waals surface area contributed by atoms with E-state index in [1.54, 1.807) is 0 Å². The van der Waals surface area contributed by atoms with Gasteiger partial charge in [0, 0.05) is 10.9 Å². The van der Waals surface area contributed by atoms with Crippen molar-refractivity contribution in [3.63, 3.8) is 0 Å². The molecule has 0 radical (unpaired) electrons. The fourth-order valence-electron chi connectivity index (χ4n) is 3.10. The van der Waals surface area contributed by atoms with Crippen molar-refractivity contribution >= 4 is 33.6 Å². The van der Waals surface area contributed by atoms with E-state index in [0.29, 0.717) is 16.5 Å². The maximum Gasteiger partial charge on any atom is 0.289 e. The van der Waals surface area contributed by atoms with Crippen LogP contribution < -0.4 is 5.32 Å². The molecule has 10 heteroatoms. The van der Waals surface area contributed by atoms with E-state index in [9.17, 15) is 30.3 Å². The van der Waals surface area contributed by atoms with Gasteiger partial charge < -0.3 is 5.32 Å².